The lowest BCUT2D eigenvalue weighted by Crippen LogP contribution is -2.42. The van der Waals surface area contributed by atoms with Gasteiger partial charge in [0.15, 0.2) is 0 Å². The highest BCUT2D eigenvalue weighted by atomic mass is 35.5. The minimum Gasteiger partial charge on any atom is -0.398 e. The highest BCUT2D eigenvalue weighted by Gasteiger charge is 2.31. The van der Waals surface area contributed by atoms with Crippen LogP contribution < -0.4 is 10.6 Å². The third kappa shape index (κ3) is 4.97. The summed E-state index contributed by atoms with van der Waals surface area (Å²) < 4.78 is 0. The largest absolute Gasteiger partial charge is 0.398 e. The van der Waals surface area contributed by atoms with Crippen molar-refractivity contribution in [2.24, 2.45) is 5.92 Å². The Labute approximate surface area is 187 Å². The number of piperidine rings is 1. The number of anilines is 2. The molecule has 1 amide bonds. The molecule has 1 atom stereocenters. The molecule has 0 aromatic heterocycles. The maximum Gasteiger partial charge on any atom is 0.230 e. The quantitative estimate of drug-likeness (QED) is 0.520. The molecule has 0 spiro atoms. The van der Waals surface area contributed by atoms with Gasteiger partial charge in [0.05, 0.1) is 0 Å². The second-order valence-electron chi connectivity index (χ2n) is 8.01. The predicted molar refractivity (Wildman–Crippen MR) is 126 cm³/mol. The minimum atomic E-state index is -0.266. The van der Waals surface area contributed by atoms with E-state index in [-0.39, 0.29) is 24.0 Å². The summed E-state index contributed by atoms with van der Waals surface area (Å²) in [6.45, 7) is 0.674. The Balaban J connectivity index is 1.43. The lowest BCUT2D eigenvalue weighted by Gasteiger charge is -2.32. The molecule has 4 rings (SSSR count). The van der Waals surface area contributed by atoms with Crippen molar-refractivity contribution in [2.45, 2.75) is 25.7 Å². The molecular weight excluding hydrogens is 408 g/mol. The number of nitrogens with two attached hydrogens (primary N) is 1. The number of benzene rings is 3. The highest BCUT2D eigenvalue weighted by molar-refractivity contribution is 6.30. The monoisotopic (exact) mass is 432 g/mol. The van der Waals surface area contributed by atoms with Crippen molar-refractivity contribution in [1.29, 1.82) is 0 Å². The molecule has 0 unspecified atom stereocenters. The van der Waals surface area contributed by atoms with Gasteiger partial charge in [-0.1, -0.05) is 54.1 Å². The number of Topliss-reactive ketones (excluding diaryl/α,β-unsaturated/α-hetero) is 1. The van der Waals surface area contributed by atoms with Crippen LogP contribution in [0.4, 0.5) is 11.4 Å². The summed E-state index contributed by atoms with van der Waals surface area (Å²) in [5, 5.41) is 0.648. The minimum absolute atomic E-state index is 0.0303. The Morgan fingerprint density at radius 3 is 2.42 bits per heavy atom. The molecule has 1 saturated heterocycles. The maximum absolute atomic E-state index is 13.1. The number of rotatable bonds is 6. The number of nitrogen functional groups attached to an aromatic ring is 1. The van der Waals surface area contributed by atoms with Gasteiger partial charge in [-0.3, -0.25) is 9.59 Å². The van der Waals surface area contributed by atoms with Gasteiger partial charge in [-0.05, 0) is 54.3 Å². The van der Waals surface area contributed by atoms with Crippen LogP contribution in [-0.4, -0.2) is 18.2 Å². The summed E-state index contributed by atoms with van der Waals surface area (Å²) >= 11 is 5.91. The molecule has 5 heteroatoms. The van der Waals surface area contributed by atoms with Gasteiger partial charge in [-0.15, -0.1) is 0 Å². The lowest BCUT2D eigenvalue weighted by atomic mass is 9.90. The topological polar surface area (TPSA) is 63.4 Å². The number of amides is 1. The van der Waals surface area contributed by atoms with Gasteiger partial charge in [-0.2, -0.15) is 0 Å². The molecule has 1 fully saturated rings. The van der Waals surface area contributed by atoms with Crippen molar-refractivity contribution in [3.05, 3.63) is 83.4 Å². The average molecular weight is 433 g/mol. The number of hydrogen-bond acceptors (Lipinski definition) is 3. The van der Waals surface area contributed by atoms with Gasteiger partial charge in [-0.25, -0.2) is 0 Å². The summed E-state index contributed by atoms with van der Waals surface area (Å²) in [7, 11) is 0. The van der Waals surface area contributed by atoms with Crippen LogP contribution in [0.25, 0.3) is 11.1 Å². The van der Waals surface area contributed by atoms with E-state index in [0.717, 1.165) is 40.9 Å². The molecule has 31 heavy (non-hydrogen) atoms. The van der Waals surface area contributed by atoms with Crippen molar-refractivity contribution in [1.82, 2.24) is 0 Å². The molecule has 2 N–H and O–H groups in total. The molecule has 0 bridgehead atoms. The Morgan fingerprint density at radius 2 is 1.71 bits per heavy atom. The van der Waals surface area contributed by atoms with Crippen molar-refractivity contribution in [3.8, 4) is 11.1 Å². The normalized spacial score (nSPS) is 16.4. The average Bonchev–Trinajstić information content (AvgIpc) is 2.77. The Morgan fingerprint density at radius 1 is 1.00 bits per heavy atom. The third-order valence-corrected chi connectivity index (χ3v) is 6.04. The van der Waals surface area contributed by atoms with Crippen LogP contribution >= 0.6 is 11.6 Å². The van der Waals surface area contributed by atoms with Gasteiger partial charge in [0.1, 0.15) is 5.78 Å². The van der Waals surface area contributed by atoms with Crippen molar-refractivity contribution in [2.75, 3.05) is 17.2 Å². The SMILES string of the molecule is Nc1ccccc1-c1ccc(N2CCC[C@@H](CC(=O)Cc3ccc(Cl)cc3)C2=O)cc1. The Bertz CT molecular complexity index is 1080. The van der Waals surface area contributed by atoms with E-state index < -0.39 is 0 Å². The third-order valence-electron chi connectivity index (χ3n) is 5.79. The number of halogens is 1. The van der Waals surface area contributed by atoms with Gasteiger partial charge in [0.2, 0.25) is 5.91 Å². The smallest absolute Gasteiger partial charge is 0.230 e. The van der Waals surface area contributed by atoms with Crippen molar-refractivity contribution in [3.63, 3.8) is 0 Å². The summed E-state index contributed by atoms with van der Waals surface area (Å²) in [6, 6.07) is 22.9. The summed E-state index contributed by atoms with van der Waals surface area (Å²) in [5.74, 6) is -0.155. The van der Waals surface area contributed by atoms with E-state index in [2.05, 4.69) is 0 Å². The van der Waals surface area contributed by atoms with Crippen LogP contribution in [0.5, 0.6) is 0 Å². The Kier molecular flexibility index (Phi) is 6.38. The van der Waals surface area contributed by atoms with Crippen LogP contribution in [0, 0.1) is 5.92 Å². The van der Waals surface area contributed by atoms with Gasteiger partial charge in [0.25, 0.3) is 0 Å². The van der Waals surface area contributed by atoms with Gasteiger partial charge >= 0.3 is 0 Å². The second-order valence-corrected chi connectivity index (χ2v) is 8.45. The molecule has 0 radical (unpaired) electrons. The van der Waals surface area contributed by atoms with Gasteiger partial charge in [0, 0.05) is 47.3 Å². The molecular formula is C26H25ClN2O2. The standard InChI is InChI=1S/C26H25ClN2O2/c27-21-11-7-18(8-12-21)16-23(30)17-20-4-3-15-29(26(20)31)22-13-9-19(10-14-22)24-5-1-2-6-25(24)28/h1-2,5-14,20H,3-4,15-17,28H2/t20-/m0/s1. The first-order chi connectivity index (χ1) is 15.0. The molecule has 4 nitrogen and oxygen atoms in total. The van der Waals surface area contributed by atoms with E-state index in [0.29, 0.717) is 18.0 Å². The molecule has 0 aliphatic carbocycles. The van der Waals surface area contributed by atoms with Crippen LogP contribution in [0.15, 0.2) is 72.8 Å². The van der Waals surface area contributed by atoms with E-state index in [1.54, 1.807) is 12.1 Å². The fraction of sp³-hybridized carbons (Fsp3) is 0.231. The number of hydrogen-bond donors (Lipinski definition) is 1. The molecule has 158 valence electrons. The van der Waals surface area contributed by atoms with E-state index in [4.69, 9.17) is 17.3 Å². The number of para-hydroxylation sites is 1. The molecule has 1 heterocycles. The van der Waals surface area contributed by atoms with Crippen LogP contribution in [0.2, 0.25) is 5.02 Å². The number of carbonyl (C=O) groups excluding carboxylic acids is 2. The lowest BCUT2D eigenvalue weighted by molar-refractivity contribution is -0.128. The molecule has 1 aliphatic heterocycles. The number of ketones is 1. The zero-order chi connectivity index (χ0) is 21.8. The summed E-state index contributed by atoms with van der Waals surface area (Å²) in [6.07, 6.45) is 2.24. The predicted octanol–water partition coefficient (Wildman–Crippen LogP) is 5.53. The van der Waals surface area contributed by atoms with E-state index >= 15 is 0 Å². The zero-order valence-electron chi connectivity index (χ0n) is 17.3. The number of carbonyl (C=O) groups is 2. The summed E-state index contributed by atoms with van der Waals surface area (Å²) in [5.41, 5.74) is 10.6. The zero-order valence-corrected chi connectivity index (χ0v) is 18.0. The first-order valence-corrected chi connectivity index (χ1v) is 10.9. The Hall–Kier alpha value is -3.11. The maximum atomic E-state index is 13.1. The van der Waals surface area contributed by atoms with Crippen LogP contribution in [0.1, 0.15) is 24.8 Å². The second kappa shape index (κ2) is 9.36. The van der Waals surface area contributed by atoms with Crippen LogP contribution in [-0.2, 0) is 16.0 Å². The first-order valence-electron chi connectivity index (χ1n) is 10.5. The number of nitrogens with zero attached hydrogens (tertiary/aromatic N) is 1. The molecule has 3 aromatic rings. The van der Waals surface area contributed by atoms with E-state index in [1.807, 2.05) is 65.6 Å². The van der Waals surface area contributed by atoms with E-state index in [9.17, 15) is 9.59 Å². The van der Waals surface area contributed by atoms with Crippen molar-refractivity contribution >= 4 is 34.7 Å². The molecule has 1 aliphatic rings. The first kappa shape index (κ1) is 21.1. The molecule has 0 saturated carbocycles. The highest BCUT2D eigenvalue weighted by Crippen LogP contribution is 2.31. The van der Waals surface area contributed by atoms with Gasteiger partial charge < -0.3 is 10.6 Å². The molecule has 3 aromatic carbocycles. The fourth-order valence-electron chi connectivity index (χ4n) is 4.15. The fourth-order valence-corrected chi connectivity index (χ4v) is 4.28. The van der Waals surface area contributed by atoms with Crippen molar-refractivity contribution < 1.29 is 9.59 Å². The van der Waals surface area contributed by atoms with E-state index in [1.165, 1.54) is 0 Å². The van der Waals surface area contributed by atoms with Crippen LogP contribution in [0.3, 0.4) is 0 Å². The summed E-state index contributed by atoms with van der Waals surface area (Å²) in [4.78, 5) is 27.5.